The van der Waals surface area contributed by atoms with E-state index in [9.17, 15) is 14.4 Å². The van der Waals surface area contributed by atoms with Crippen molar-refractivity contribution in [3.63, 3.8) is 0 Å². The Morgan fingerprint density at radius 1 is 0.950 bits per heavy atom. The number of hydrogen-bond acceptors (Lipinski definition) is 4. The van der Waals surface area contributed by atoms with Crippen LogP contribution in [-0.4, -0.2) is 35.3 Å². The molecule has 204 valence electrons. The molecule has 0 spiro atoms. The van der Waals surface area contributed by atoms with Crippen LogP contribution in [0.2, 0.25) is 5.02 Å². The van der Waals surface area contributed by atoms with Gasteiger partial charge in [0, 0.05) is 33.9 Å². The summed E-state index contributed by atoms with van der Waals surface area (Å²) < 4.78 is 5.28. The van der Waals surface area contributed by atoms with Gasteiger partial charge in [-0.1, -0.05) is 41.9 Å². The molecule has 4 bridgehead atoms. The van der Waals surface area contributed by atoms with Crippen LogP contribution in [0.3, 0.4) is 0 Å². The zero-order valence-corrected chi connectivity index (χ0v) is 23.2. The average Bonchev–Trinajstić information content (AvgIpc) is 3.28. The number of methoxy groups -OCH3 is 1. The number of hydrogen-bond donors (Lipinski definition) is 1. The van der Waals surface area contributed by atoms with Crippen molar-refractivity contribution >= 4 is 35.1 Å². The molecule has 0 radical (unpaired) electrons. The minimum Gasteiger partial charge on any atom is -0.469 e. The Morgan fingerprint density at radius 2 is 1.68 bits per heavy atom. The normalized spacial score (nSPS) is 27.9. The zero-order chi connectivity index (χ0) is 27.6. The van der Waals surface area contributed by atoms with Crippen molar-refractivity contribution in [1.29, 1.82) is 0 Å². The lowest BCUT2D eigenvalue weighted by atomic mass is 9.46. The molecular weight excluding hydrogens is 524 g/mol. The second-order valence-electron chi connectivity index (χ2n) is 12.3. The van der Waals surface area contributed by atoms with Crippen LogP contribution in [0.4, 0.5) is 5.69 Å². The standard InChI is InChI=1S/C33H31ClN2O4/c1-40-31(39)32-14-20-11-21(15-32)17-33(16-20,19-32)36-18-25-6-5-23(13-28(25)30(36)38)22-7-9-27(10-8-22)35-29(37)24-3-2-4-26(34)12-24/h2-10,12-13,20-21H,11,14-19H2,1H3,(H,35,37). The predicted octanol–water partition coefficient (Wildman–Crippen LogP) is 6.73. The number of nitrogens with one attached hydrogen (secondary N) is 1. The fourth-order valence-electron chi connectivity index (χ4n) is 8.43. The summed E-state index contributed by atoms with van der Waals surface area (Å²) in [7, 11) is 1.49. The molecule has 2 amide bonds. The zero-order valence-electron chi connectivity index (χ0n) is 22.4. The van der Waals surface area contributed by atoms with E-state index in [0.717, 1.165) is 54.4 Å². The summed E-state index contributed by atoms with van der Waals surface area (Å²) in [5, 5.41) is 3.42. The number of fused-ring (bicyclic) bond motifs is 1. The van der Waals surface area contributed by atoms with Crippen molar-refractivity contribution in [1.82, 2.24) is 4.90 Å². The van der Waals surface area contributed by atoms with Crippen molar-refractivity contribution in [2.24, 2.45) is 17.3 Å². The second kappa shape index (κ2) is 9.20. The molecule has 8 rings (SSSR count). The summed E-state index contributed by atoms with van der Waals surface area (Å²) in [6, 6.07) is 20.6. The first-order valence-corrected chi connectivity index (χ1v) is 14.4. The highest BCUT2D eigenvalue weighted by Gasteiger charge is 2.64. The molecule has 2 atom stereocenters. The SMILES string of the molecule is COC(=O)C12CC3CC(C1)CC(N1Cc4ccc(-c5ccc(NC(=O)c6cccc(Cl)c6)cc5)cc4C1=O)(C3)C2. The van der Waals surface area contributed by atoms with Gasteiger partial charge in [-0.15, -0.1) is 0 Å². The van der Waals surface area contributed by atoms with E-state index in [1.54, 1.807) is 24.3 Å². The molecule has 4 fully saturated rings. The largest absolute Gasteiger partial charge is 0.469 e. The second-order valence-corrected chi connectivity index (χ2v) is 12.7. The van der Waals surface area contributed by atoms with E-state index >= 15 is 0 Å². The summed E-state index contributed by atoms with van der Waals surface area (Å²) in [4.78, 5) is 41.5. The highest BCUT2D eigenvalue weighted by atomic mass is 35.5. The van der Waals surface area contributed by atoms with Crippen LogP contribution in [0.5, 0.6) is 0 Å². The number of ether oxygens (including phenoxy) is 1. The molecule has 5 aliphatic rings. The molecule has 2 unspecified atom stereocenters. The fourth-order valence-corrected chi connectivity index (χ4v) is 8.62. The van der Waals surface area contributed by atoms with Gasteiger partial charge in [-0.25, -0.2) is 0 Å². The van der Waals surface area contributed by atoms with Crippen molar-refractivity contribution in [2.45, 2.75) is 50.6 Å². The average molecular weight is 555 g/mol. The maximum absolute atomic E-state index is 13.9. The van der Waals surface area contributed by atoms with Crippen LogP contribution in [0, 0.1) is 17.3 Å². The van der Waals surface area contributed by atoms with Crippen LogP contribution in [-0.2, 0) is 16.1 Å². The third-order valence-electron chi connectivity index (χ3n) is 9.70. The fraction of sp³-hybridized carbons (Fsp3) is 0.364. The number of halogens is 1. The molecule has 3 aromatic rings. The molecule has 3 aromatic carbocycles. The minimum absolute atomic E-state index is 0.0734. The smallest absolute Gasteiger partial charge is 0.311 e. The Labute approximate surface area is 238 Å². The van der Waals surface area contributed by atoms with Gasteiger partial charge in [0.1, 0.15) is 0 Å². The number of esters is 1. The van der Waals surface area contributed by atoms with Crippen molar-refractivity contribution in [3.8, 4) is 11.1 Å². The van der Waals surface area contributed by atoms with E-state index in [0.29, 0.717) is 41.1 Å². The Morgan fingerprint density at radius 3 is 2.38 bits per heavy atom. The Bertz CT molecular complexity index is 1530. The molecule has 6 nitrogen and oxygen atoms in total. The van der Waals surface area contributed by atoms with Gasteiger partial charge in [0.05, 0.1) is 12.5 Å². The van der Waals surface area contributed by atoms with Crippen molar-refractivity contribution < 1.29 is 19.1 Å². The third-order valence-corrected chi connectivity index (χ3v) is 9.93. The van der Waals surface area contributed by atoms with Gasteiger partial charge in [-0.2, -0.15) is 0 Å². The Hall–Kier alpha value is -3.64. The number of nitrogens with zero attached hydrogens (tertiary/aromatic N) is 1. The van der Waals surface area contributed by atoms with E-state index < -0.39 is 5.41 Å². The quantitative estimate of drug-likeness (QED) is 0.355. The van der Waals surface area contributed by atoms with Gasteiger partial charge in [0.15, 0.2) is 0 Å². The molecule has 4 saturated carbocycles. The number of rotatable bonds is 5. The first-order valence-electron chi connectivity index (χ1n) is 14.0. The Balaban J connectivity index is 1.11. The molecule has 1 aliphatic heterocycles. The van der Waals surface area contributed by atoms with Gasteiger partial charge in [-0.05, 0) is 103 Å². The highest BCUT2D eigenvalue weighted by molar-refractivity contribution is 6.31. The molecule has 4 aliphatic carbocycles. The topological polar surface area (TPSA) is 75.7 Å². The van der Waals surface area contributed by atoms with Crippen molar-refractivity contribution in [2.75, 3.05) is 12.4 Å². The summed E-state index contributed by atoms with van der Waals surface area (Å²) in [6.45, 7) is 0.597. The predicted molar refractivity (Wildman–Crippen MR) is 153 cm³/mol. The number of benzene rings is 3. The van der Waals surface area contributed by atoms with E-state index in [2.05, 4.69) is 22.3 Å². The first-order chi connectivity index (χ1) is 19.3. The maximum Gasteiger partial charge on any atom is 0.311 e. The first kappa shape index (κ1) is 25.3. The lowest BCUT2D eigenvalue weighted by molar-refractivity contribution is -0.179. The van der Waals surface area contributed by atoms with Crippen molar-refractivity contribution in [3.05, 3.63) is 88.4 Å². The lowest BCUT2D eigenvalue weighted by Crippen LogP contribution is -2.64. The monoisotopic (exact) mass is 554 g/mol. The van der Waals surface area contributed by atoms with Gasteiger partial charge >= 0.3 is 5.97 Å². The molecule has 0 saturated heterocycles. The molecular formula is C33H31ClN2O4. The van der Waals surface area contributed by atoms with Crippen LogP contribution >= 0.6 is 11.6 Å². The summed E-state index contributed by atoms with van der Waals surface area (Å²) >= 11 is 6.02. The van der Waals surface area contributed by atoms with E-state index in [1.165, 1.54) is 7.11 Å². The number of amides is 2. The number of carbonyl (C=O) groups excluding carboxylic acids is 3. The third kappa shape index (κ3) is 4.03. The molecule has 1 heterocycles. The lowest BCUT2D eigenvalue weighted by Gasteiger charge is -2.63. The van der Waals surface area contributed by atoms with Crippen LogP contribution in [0.25, 0.3) is 11.1 Å². The highest BCUT2D eigenvalue weighted by Crippen LogP contribution is 2.64. The summed E-state index contributed by atoms with van der Waals surface area (Å²) in [5.74, 6) is 0.710. The van der Waals surface area contributed by atoms with Gasteiger partial charge in [0.25, 0.3) is 11.8 Å². The minimum atomic E-state index is -0.441. The molecule has 1 N–H and O–H groups in total. The maximum atomic E-state index is 13.9. The van der Waals surface area contributed by atoms with Gasteiger partial charge in [0.2, 0.25) is 0 Å². The molecule has 40 heavy (non-hydrogen) atoms. The molecule has 7 heteroatoms. The van der Waals surface area contributed by atoms with E-state index in [1.807, 2.05) is 30.3 Å². The molecule has 0 aromatic heterocycles. The number of carbonyl (C=O) groups is 3. The summed E-state index contributed by atoms with van der Waals surface area (Å²) in [6.07, 6.45) is 5.64. The van der Waals surface area contributed by atoms with Crippen LogP contribution in [0.1, 0.15) is 64.8 Å². The van der Waals surface area contributed by atoms with E-state index in [-0.39, 0.29) is 23.3 Å². The summed E-state index contributed by atoms with van der Waals surface area (Å²) in [5.41, 5.74) is 4.18. The van der Waals surface area contributed by atoms with Gasteiger partial charge < -0.3 is 15.0 Å². The van der Waals surface area contributed by atoms with E-state index in [4.69, 9.17) is 16.3 Å². The Kier molecular flexibility index (Phi) is 5.83. The van der Waals surface area contributed by atoms with Gasteiger partial charge in [-0.3, -0.25) is 14.4 Å². The van der Waals surface area contributed by atoms with Crippen LogP contribution < -0.4 is 5.32 Å². The van der Waals surface area contributed by atoms with Crippen LogP contribution in [0.15, 0.2) is 66.7 Å². The number of anilines is 1.